The van der Waals surface area contributed by atoms with Crippen molar-refractivity contribution in [1.82, 2.24) is 0 Å². The zero-order valence-corrected chi connectivity index (χ0v) is 13.2. The normalized spacial score (nSPS) is 18.6. The summed E-state index contributed by atoms with van der Waals surface area (Å²) in [7, 11) is 0. The maximum Gasteiger partial charge on any atom is 0.304 e. The van der Waals surface area contributed by atoms with Crippen molar-refractivity contribution in [2.24, 2.45) is 5.92 Å². The fourth-order valence-electron chi connectivity index (χ4n) is 3.37. The zero-order valence-electron chi connectivity index (χ0n) is 13.2. The van der Waals surface area contributed by atoms with E-state index in [1.165, 1.54) is 36.9 Å². The molecule has 1 aliphatic heterocycles. The summed E-state index contributed by atoms with van der Waals surface area (Å²) in [4.78, 5) is 13.5. The summed E-state index contributed by atoms with van der Waals surface area (Å²) in [5.41, 5.74) is 2.46. The Kier molecular flexibility index (Phi) is 5.66. The van der Waals surface area contributed by atoms with E-state index in [1.54, 1.807) is 0 Å². The average Bonchev–Trinajstić information content (AvgIpc) is 2.81. The molecule has 3 heteroatoms. The molecule has 0 radical (unpaired) electrons. The minimum Gasteiger partial charge on any atom is -0.481 e. The van der Waals surface area contributed by atoms with Crippen LogP contribution in [-0.2, 0) is 4.79 Å². The third-order valence-corrected chi connectivity index (χ3v) is 4.60. The minimum atomic E-state index is -0.699. The van der Waals surface area contributed by atoms with Crippen LogP contribution in [0.2, 0.25) is 0 Å². The number of carboxylic acids is 1. The number of para-hydroxylation sites is 1. The van der Waals surface area contributed by atoms with Crippen LogP contribution < -0.4 is 4.90 Å². The van der Waals surface area contributed by atoms with Gasteiger partial charge in [0.1, 0.15) is 0 Å². The lowest BCUT2D eigenvalue weighted by molar-refractivity contribution is -0.137. The number of carboxylic acid groups (broad SMARTS) is 1. The summed E-state index contributed by atoms with van der Waals surface area (Å²) in [5, 5.41) is 9.11. The van der Waals surface area contributed by atoms with Crippen LogP contribution in [0.3, 0.4) is 0 Å². The van der Waals surface area contributed by atoms with E-state index >= 15 is 0 Å². The van der Waals surface area contributed by atoms with Crippen LogP contribution >= 0.6 is 0 Å². The van der Waals surface area contributed by atoms with Gasteiger partial charge < -0.3 is 10.0 Å². The molecule has 2 atom stereocenters. The van der Waals surface area contributed by atoms with Crippen molar-refractivity contribution in [3.63, 3.8) is 0 Å². The molecule has 0 spiro atoms. The quantitative estimate of drug-likeness (QED) is 0.776. The van der Waals surface area contributed by atoms with Crippen LogP contribution in [0.1, 0.15) is 57.4 Å². The van der Waals surface area contributed by atoms with E-state index in [0.29, 0.717) is 5.92 Å². The van der Waals surface area contributed by atoms with Gasteiger partial charge in [0, 0.05) is 24.7 Å². The number of carbonyl (C=O) groups is 1. The molecule has 2 rings (SSSR count). The topological polar surface area (TPSA) is 40.5 Å². The molecule has 116 valence electrons. The molecule has 1 aliphatic rings. The summed E-state index contributed by atoms with van der Waals surface area (Å²) in [6.07, 6.45) is 5.23. The number of aliphatic carboxylic acids is 1. The Bertz CT molecular complexity index is 472. The number of benzene rings is 1. The van der Waals surface area contributed by atoms with Gasteiger partial charge in [-0.15, -0.1) is 0 Å². The molecule has 0 aliphatic carbocycles. The van der Waals surface area contributed by atoms with Gasteiger partial charge >= 0.3 is 5.97 Å². The van der Waals surface area contributed by atoms with Gasteiger partial charge in [0.25, 0.3) is 0 Å². The van der Waals surface area contributed by atoms with Crippen LogP contribution in [0.15, 0.2) is 24.3 Å². The highest BCUT2D eigenvalue weighted by Gasteiger charge is 2.30. The third kappa shape index (κ3) is 3.99. The number of fused-ring (bicyclic) bond motifs is 1. The second kappa shape index (κ2) is 7.48. The Morgan fingerprint density at radius 1 is 1.38 bits per heavy atom. The minimum absolute atomic E-state index is 0.141. The van der Waals surface area contributed by atoms with Crippen molar-refractivity contribution in [2.75, 3.05) is 18.0 Å². The van der Waals surface area contributed by atoms with Gasteiger partial charge in [-0.25, -0.2) is 0 Å². The van der Waals surface area contributed by atoms with Gasteiger partial charge in [-0.1, -0.05) is 51.3 Å². The average molecular weight is 289 g/mol. The van der Waals surface area contributed by atoms with Gasteiger partial charge in [0.15, 0.2) is 0 Å². The fourth-order valence-corrected chi connectivity index (χ4v) is 3.37. The molecule has 0 saturated carbocycles. The summed E-state index contributed by atoms with van der Waals surface area (Å²) >= 11 is 0. The third-order valence-electron chi connectivity index (χ3n) is 4.60. The summed E-state index contributed by atoms with van der Waals surface area (Å²) in [6, 6.07) is 8.31. The zero-order chi connectivity index (χ0) is 15.2. The predicted molar refractivity (Wildman–Crippen MR) is 87.0 cm³/mol. The van der Waals surface area contributed by atoms with Crippen LogP contribution in [-0.4, -0.2) is 24.2 Å². The highest BCUT2D eigenvalue weighted by molar-refractivity contribution is 5.71. The van der Waals surface area contributed by atoms with Gasteiger partial charge in [-0.05, 0) is 24.0 Å². The van der Waals surface area contributed by atoms with E-state index in [2.05, 4.69) is 36.9 Å². The molecular weight excluding hydrogens is 262 g/mol. The smallest absolute Gasteiger partial charge is 0.304 e. The first-order chi connectivity index (χ1) is 10.2. The van der Waals surface area contributed by atoms with Crippen molar-refractivity contribution in [3.8, 4) is 0 Å². The summed E-state index contributed by atoms with van der Waals surface area (Å²) in [5.74, 6) is 0.152. The molecule has 1 aromatic rings. The standard InChI is InChI=1S/C18H27NO2/c1-3-5-8-14(4-2)12-19-13-15(11-18(20)21)16-9-6-7-10-17(16)19/h6-7,9-10,14-15H,3-5,8,11-13H2,1-2H3,(H,20,21). The van der Waals surface area contributed by atoms with Crippen molar-refractivity contribution >= 4 is 11.7 Å². The lowest BCUT2D eigenvalue weighted by Crippen LogP contribution is -2.28. The van der Waals surface area contributed by atoms with Gasteiger partial charge in [-0.2, -0.15) is 0 Å². The van der Waals surface area contributed by atoms with Gasteiger partial charge in [0.2, 0.25) is 0 Å². The van der Waals surface area contributed by atoms with E-state index < -0.39 is 5.97 Å². The lowest BCUT2D eigenvalue weighted by Gasteiger charge is -2.25. The van der Waals surface area contributed by atoms with Gasteiger partial charge in [-0.3, -0.25) is 4.79 Å². The summed E-state index contributed by atoms with van der Waals surface area (Å²) in [6.45, 7) is 6.41. The Hall–Kier alpha value is -1.51. The summed E-state index contributed by atoms with van der Waals surface area (Å²) < 4.78 is 0. The Morgan fingerprint density at radius 2 is 2.14 bits per heavy atom. The SMILES string of the molecule is CCCCC(CC)CN1CC(CC(=O)O)c2ccccc21. The van der Waals surface area contributed by atoms with Crippen molar-refractivity contribution in [1.29, 1.82) is 0 Å². The molecule has 1 N–H and O–H groups in total. The molecule has 0 saturated heterocycles. The van der Waals surface area contributed by atoms with E-state index in [4.69, 9.17) is 5.11 Å². The highest BCUT2D eigenvalue weighted by Crippen LogP contribution is 2.38. The number of rotatable bonds is 8. The fraction of sp³-hybridized carbons (Fsp3) is 0.611. The Labute approximate surface area is 128 Å². The number of nitrogens with zero attached hydrogens (tertiary/aromatic N) is 1. The van der Waals surface area contributed by atoms with E-state index in [-0.39, 0.29) is 12.3 Å². The van der Waals surface area contributed by atoms with Crippen LogP contribution in [0.5, 0.6) is 0 Å². The van der Waals surface area contributed by atoms with E-state index in [0.717, 1.165) is 13.1 Å². The number of unbranched alkanes of at least 4 members (excludes halogenated alkanes) is 1. The predicted octanol–water partition coefficient (Wildman–Crippen LogP) is 4.28. The largest absolute Gasteiger partial charge is 0.481 e. The Balaban J connectivity index is 2.09. The first-order valence-corrected chi connectivity index (χ1v) is 8.21. The Morgan fingerprint density at radius 3 is 2.81 bits per heavy atom. The molecule has 1 heterocycles. The second-order valence-electron chi connectivity index (χ2n) is 6.18. The van der Waals surface area contributed by atoms with Crippen molar-refractivity contribution in [3.05, 3.63) is 29.8 Å². The number of hydrogen-bond donors (Lipinski definition) is 1. The molecule has 0 bridgehead atoms. The molecule has 2 unspecified atom stereocenters. The monoisotopic (exact) mass is 289 g/mol. The number of hydrogen-bond acceptors (Lipinski definition) is 2. The maximum atomic E-state index is 11.1. The molecule has 21 heavy (non-hydrogen) atoms. The molecule has 0 aromatic heterocycles. The number of anilines is 1. The molecule has 0 amide bonds. The van der Waals surface area contributed by atoms with Crippen LogP contribution in [0, 0.1) is 5.92 Å². The molecular formula is C18H27NO2. The van der Waals surface area contributed by atoms with E-state index in [1.807, 2.05) is 6.07 Å². The molecule has 0 fully saturated rings. The first kappa shape index (κ1) is 15.9. The van der Waals surface area contributed by atoms with E-state index in [9.17, 15) is 4.79 Å². The highest BCUT2D eigenvalue weighted by atomic mass is 16.4. The maximum absolute atomic E-state index is 11.1. The molecule has 3 nitrogen and oxygen atoms in total. The van der Waals surface area contributed by atoms with Crippen molar-refractivity contribution in [2.45, 2.75) is 51.9 Å². The van der Waals surface area contributed by atoms with Crippen LogP contribution in [0.25, 0.3) is 0 Å². The second-order valence-corrected chi connectivity index (χ2v) is 6.18. The van der Waals surface area contributed by atoms with Gasteiger partial charge in [0.05, 0.1) is 6.42 Å². The van der Waals surface area contributed by atoms with Crippen molar-refractivity contribution < 1.29 is 9.90 Å². The lowest BCUT2D eigenvalue weighted by atomic mass is 9.98. The molecule has 1 aromatic carbocycles. The first-order valence-electron chi connectivity index (χ1n) is 8.21. The van der Waals surface area contributed by atoms with Crippen LogP contribution in [0.4, 0.5) is 5.69 Å².